The van der Waals surface area contributed by atoms with Crippen molar-refractivity contribution < 1.29 is 28.1 Å². The Hall–Kier alpha value is -3.13. The molecule has 1 unspecified atom stereocenters. The van der Waals surface area contributed by atoms with E-state index in [0.29, 0.717) is 12.3 Å². The molecule has 3 aromatic rings. The summed E-state index contributed by atoms with van der Waals surface area (Å²) in [5.74, 6) is -0.208. The zero-order valence-electron chi connectivity index (χ0n) is 22.3. The molecule has 200 valence electrons. The average Bonchev–Trinajstić information content (AvgIpc) is 3.71. The van der Waals surface area contributed by atoms with Crippen molar-refractivity contribution >= 4 is 22.9 Å². The Bertz CT molecular complexity index is 1330. The second-order valence-corrected chi connectivity index (χ2v) is 10.9. The molecule has 0 N–H and O–H groups in total. The van der Waals surface area contributed by atoms with Gasteiger partial charge in [-0.15, -0.1) is 0 Å². The third kappa shape index (κ3) is 6.29. The van der Waals surface area contributed by atoms with Gasteiger partial charge < -0.3 is 18.9 Å². The first-order valence-corrected chi connectivity index (χ1v) is 13.1. The van der Waals surface area contributed by atoms with Crippen LogP contribution in [-0.2, 0) is 23.7 Å². The molecule has 1 saturated carbocycles. The zero-order chi connectivity index (χ0) is 26.9. The fourth-order valence-corrected chi connectivity index (χ4v) is 4.85. The van der Waals surface area contributed by atoms with Crippen LogP contribution < -0.4 is 0 Å². The number of nitrogens with zero attached hydrogens (tertiary/aromatic N) is 1. The molecule has 2 heterocycles. The van der Waals surface area contributed by atoms with Crippen molar-refractivity contribution in [2.45, 2.75) is 76.7 Å². The lowest BCUT2D eigenvalue weighted by molar-refractivity contribution is -0.335. The van der Waals surface area contributed by atoms with E-state index in [2.05, 4.69) is 12.1 Å². The standard InChI is InChI=1S/C31H34FNO5/c1-31(2,3)38-27(34)18-23-17-22(36-30(35-4)37-23)15-16-25-28(19-11-13-21(32)14-12-19)24-7-5-6-8-26(24)33-29(25)20-9-10-20/h5-8,11-16,20,22-23,30H,9-10,17-18H2,1-4H3/b16-15+/t22-,23-,30?/m1/s1. The van der Waals surface area contributed by atoms with Crippen LogP contribution in [-0.4, -0.2) is 42.3 Å². The number of hydrogen-bond donors (Lipinski definition) is 0. The monoisotopic (exact) mass is 519 g/mol. The summed E-state index contributed by atoms with van der Waals surface area (Å²) in [7, 11) is 1.51. The van der Waals surface area contributed by atoms with Gasteiger partial charge in [0.15, 0.2) is 0 Å². The van der Waals surface area contributed by atoms with Gasteiger partial charge in [-0.25, -0.2) is 4.39 Å². The van der Waals surface area contributed by atoms with Crippen LogP contribution in [0.4, 0.5) is 4.39 Å². The van der Waals surface area contributed by atoms with Gasteiger partial charge in [-0.1, -0.05) is 42.5 Å². The van der Waals surface area contributed by atoms with E-state index >= 15 is 0 Å². The summed E-state index contributed by atoms with van der Waals surface area (Å²) in [6.45, 7) is 4.63. The molecular formula is C31H34FNO5. The maximum Gasteiger partial charge on any atom is 0.308 e. The summed E-state index contributed by atoms with van der Waals surface area (Å²) >= 11 is 0. The molecule has 38 heavy (non-hydrogen) atoms. The lowest BCUT2D eigenvalue weighted by Gasteiger charge is -2.33. The van der Waals surface area contributed by atoms with Gasteiger partial charge >= 0.3 is 5.97 Å². The van der Waals surface area contributed by atoms with Gasteiger partial charge in [-0.2, -0.15) is 0 Å². The number of pyridine rings is 1. The molecule has 5 rings (SSSR count). The minimum Gasteiger partial charge on any atom is -0.460 e. The smallest absolute Gasteiger partial charge is 0.308 e. The van der Waals surface area contributed by atoms with Gasteiger partial charge in [-0.05, 0) is 57.4 Å². The highest BCUT2D eigenvalue weighted by atomic mass is 19.1. The normalized spacial score (nSPS) is 22.2. The fraction of sp³-hybridized carbons (Fsp3) is 0.419. The number of methoxy groups -OCH3 is 1. The largest absolute Gasteiger partial charge is 0.460 e. The molecule has 2 aromatic carbocycles. The highest BCUT2D eigenvalue weighted by Gasteiger charge is 2.33. The molecule has 1 aliphatic heterocycles. The van der Waals surface area contributed by atoms with Crippen molar-refractivity contribution in [2.75, 3.05) is 7.11 Å². The molecule has 7 heteroatoms. The molecule has 0 amide bonds. The van der Waals surface area contributed by atoms with Crippen LogP contribution in [0.3, 0.4) is 0 Å². The number of ether oxygens (including phenoxy) is 4. The van der Waals surface area contributed by atoms with E-state index in [9.17, 15) is 9.18 Å². The van der Waals surface area contributed by atoms with Crippen molar-refractivity contribution in [2.24, 2.45) is 0 Å². The average molecular weight is 520 g/mol. The summed E-state index contributed by atoms with van der Waals surface area (Å²) in [6.07, 6.45) is 6.05. The quantitative estimate of drug-likeness (QED) is 0.321. The Morgan fingerprint density at radius 1 is 1.11 bits per heavy atom. The highest BCUT2D eigenvalue weighted by Crippen LogP contribution is 2.45. The van der Waals surface area contributed by atoms with E-state index in [1.807, 2.05) is 57.2 Å². The van der Waals surface area contributed by atoms with E-state index in [1.54, 1.807) is 0 Å². The fourth-order valence-electron chi connectivity index (χ4n) is 4.85. The second-order valence-electron chi connectivity index (χ2n) is 10.9. The number of aromatic nitrogens is 1. The molecule has 3 atom stereocenters. The van der Waals surface area contributed by atoms with E-state index in [0.717, 1.165) is 46.1 Å². The third-order valence-electron chi connectivity index (χ3n) is 6.63. The Morgan fingerprint density at radius 2 is 1.84 bits per heavy atom. The minimum atomic E-state index is -0.889. The summed E-state index contributed by atoms with van der Waals surface area (Å²) in [6, 6.07) is 14.7. The predicted octanol–water partition coefficient (Wildman–Crippen LogP) is 6.77. The van der Waals surface area contributed by atoms with Gasteiger partial charge in [-0.3, -0.25) is 9.78 Å². The SMILES string of the molecule is COC1O[C@@H](CC(=O)OC(C)(C)C)C[C@@H](/C=C/c2c(C3CC3)nc3ccccc3c2-c2ccc(F)cc2)O1. The zero-order valence-corrected chi connectivity index (χ0v) is 22.3. The third-order valence-corrected chi connectivity index (χ3v) is 6.63. The number of carbonyl (C=O) groups excluding carboxylic acids is 1. The van der Waals surface area contributed by atoms with Gasteiger partial charge in [0.1, 0.15) is 11.4 Å². The van der Waals surface area contributed by atoms with Gasteiger partial charge in [0.25, 0.3) is 6.48 Å². The number of rotatable bonds is 7. The van der Waals surface area contributed by atoms with Crippen molar-refractivity contribution in [1.82, 2.24) is 4.98 Å². The molecule has 1 aliphatic carbocycles. The first-order valence-electron chi connectivity index (χ1n) is 13.1. The predicted molar refractivity (Wildman–Crippen MR) is 144 cm³/mol. The number of carbonyl (C=O) groups is 1. The first-order chi connectivity index (χ1) is 18.2. The molecule has 2 fully saturated rings. The molecule has 1 saturated heterocycles. The van der Waals surface area contributed by atoms with Crippen molar-refractivity contribution in [3.8, 4) is 11.1 Å². The van der Waals surface area contributed by atoms with Gasteiger partial charge in [0, 0.05) is 36.0 Å². The van der Waals surface area contributed by atoms with E-state index in [-0.39, 0.29) is 24.3 Å². The minimum absolute atomic E-state index is 0.108. The summed E-state index contributed by atoms with van der Waals surface area (Å²) in [5.41, 5.74) is 4.35. The number of benzene rings is 2. The van der Waals surface area contributed by atoms with Gasteiger partial charge in [0.05, 0.1) is 29.8 Å². The number of hydrogen-bond acceptors (Lipinski definition) is 6. The number of fused-ring (bicyclic) bond motifs is 1. The topological polar surface area (TPSA) is 66.9 Å². The molecular weight excluding hydrogens is 485 g/mol. The van der Waals surface area contributed by atoms with Crippen LogP contribution >= 0.6 is 0 Å². The Balaban J connectivity index is 1.49. The van der Waals surface area contributed by atoms with Crippen LogP contribution in [0.15, 0.2) is 54.6 Å². The van der Waals surface area contributed by atoms with Crippen LogP contribution in [0.25, 0.3) is 28.1 Å². The van der Waals surface area contributed by atoms with E-state index in [1.165, 1.54) is 19.2 Å². The van der Waals surface area contributed by atoms with Crippen molar-refractivity contribution in [1.29, 1.82) is 0 Å². The Labute approximate surface area is 222 Å². The summed E-state index contributed by atoms with van der Waals surface area (Å²) in [4.78, 5) is 17.5. The highest BCUT2D eigenvalue weighted by molar-refractivity contribution is 5.99. The molecule has 6 nitrogen and oxygen atoms in total. The van der Waals surface area contributed by atoms with E-state index < -0.39 is 18.2 Å². The number of halogens is 1. The molecule has 0 radical (unpaired) electrons. The molecule has 0 bridgehead atoms. The second kappa shape index (κ2) is 10.9. The Kier molecular flexibility index (Phi) is 7.61. The van der Waals surface area contributed by atoms with Crippen LogP contribution in [0.2, 0.25) is 0 Å². The summed E-state index contributed by atoms with van der Waals surface area (Å²) < 4.78 is 36.4. The number of para-hydroxylation sites is 1. The maximum atomic E-state index is 13.8. The van der Waals surface area contributed by atoms with Crippen LogP contribution in [0, 0.1) is 5.82 Å². The molecule has 1 aromatic heterocycles. The number of esters is 1. The van der Waals surface area contributed by atoms with Crippen molar-refractivity contribution in [3.05, 3.63) is 71.7 Å². The lowest BCUT2D eigenvalue weighted by Crippen LogP contribution is -2.40. The lowest BCUT2D eigenvalue weighted by atomic mass is 9.92. The maximum absolute atomic E-state index is 13.8. The van der Waals surface area contributed by atoms with Crippen LogP contribution in [0.5, 0.6) is 0 Å². The van der Waals surface area contributed by atoms with E-state index in [4.69, 9.17) is 23.9 Å². The van der Waals surface area contributed by atoms with Crippen LogP contribution in [0.1, 0.15) is 63.6 Å². The summed E-state index contributed by atoms with van der Waals surface area (Å²) in [5, 5.41) is 1.01. The molecule has 2 aliphatic rings. The Morgan fingerprint density at radius 3 is 2.53 bits per heavy atom. The first kappa shape index (κ1) is 26.5. The van der Waals surface area contributed by atoms with Gasteiger partial charge in [0.2, 0.25) is 0 Å². The van der Waals surface area contributed by atoms with Crippen molar-refractivity contribution in [3.63, 3.8) is 0 Å². The molecule has 0 spiro atoms.